The number of aryl methyl sites for hydroxylation is 1. The monoisotopic (exact) mass is 314 g/mol. The van der Waals surface area contributed by atoms with Gasteiger partial charge in [0.05, 0.1) is 0 Å². The second-order valence-electron chi connectivity index (χ2n) is 4.45. The fourth-order valence-corrected chi connectivity index (χ4v) is 1.93. The average Bonchev–Trinajstić information content (AvgIpc) is 2.48. The van der Waals surface area contributed by atoms with Crippen LogP contribution in [0.4, 0.5) is 0 Å². The number of benzene rings is 2. The van der Waals surface area contributed by atoms with Gasteiger partial charge in [0.25, 0.3) is 11.9 Å². The second-order valence-corrected chi connectivity index (χ2v) is 5.03. The van der Waals surface area contributed by atoms with Crippen LogP contribution in [0.15, 0.2) is 54.6 Å². The van der Waals surface area contributed by atoms with Crippen LogP contribution < -0.4 is 0 Å². The van der Waals surface area contributed by atoms with Gasteiger partial charge in [-0.15, -0.1) is 0 Å². The molecule has 0 heterocycles. The maximum atomic E-state index is 10.0. The van der Waals surface area contributed by atoms with Crippen LogP contribution in [0.2, 0.25) is 0 Å². The molecular formula is C17H18O4Si. The summed E-state index contributed by atoms with van der Waals surface area (Å²) >= 11 is 0. The molecular weight excluding hydrogens is 296 g/mol. The van der Waals surface area contributed by atoms with Crippen LogP contribution >= 0.6 is 0 Å². The van der Waals surface area contributed by atoms with Gasteiger partial charge in [-0.2, -0.15) is 0 Å². The SMILES string of the molecule is CC(=O)O[Si]OC(C)=O.Cc1ccccc1-c1ccccc1. The van der Waals surface area contributed by atoms with Crippen molar-refractivity contribution in [2.45, 2.75) is 20.8 Å². The van der Waals surface area contributed by atoms with Crippen molar-refractivity contribution in [3.8, 4) is 11.1 Å². The zero-order valence-corrected chi connectivity index (χ0v) is 13.8. The van der Waals surface area contributed by atoms with Crippen molar-refractivity contribution in [3.05, 3.63) is 60.2 Å². The Balaban J connectivity index is 0.000000239. The number of hydrogen-bond donors (Lipinski definition) is 0. The van der Waals surface area contributed by atoms with Gasteiger partial charge in [-0.25, -0.2) is 0 Å². The molecule has 0 aliphatic carbocycles. The average molecular weight is 314 g/mol. The Morgan fingerprint density at radius 2 is 1.32 bits per heavy atom. The van der Waals surface area contributed by atoms with Crippen LogP contribution in [0.3, 0.4) is 0 Å². The predicted octanol–water partition coefficient (Wildman–Crippen LogP) is 3.31. The van der Waals surface area contributed by atoms with Gasteiger partial charge < -0.3 is 8.85 Å². The Bertz CT molecular complexity index is 597. The molecule has 0 saturated heterocycles. The Hall–Kier alpha value is -2.40. The van der Waals surface area contributed by atoms with E-state index in [0.717, 1.165) is 0 Å². The van der Waals surface area contributed by atoms with E-state index in [1.807, 2.05) is 6.07 Å². The van der Waals surface area contributed by atoms with E-state index < -0.39 is 21.9 Å². The number of hydrogen-bond acceptors (Lipinski definition) is 4. The zero-order valence-electron chi connectivity index (χ0n) is 12.8. The summed E-state index contributed by atoms with van der Waals surface area (Å²) in [7, 11) is -0.506. The lowest BCUT2D eigenvalue weighted by Crippen LogP contribution is -2.11. The van der Waals surface area contributed by atoms with Crippen LogP contribution in [0.5, 0.6) is 0 Å². The van der Waals surface area contributed by atoms with Gasteiger partial charge in [0.15, 0.2) is 0 Å². The molecule has 2 aromatic rings. The van der Waals surface area contributed by atoms with E-state index >= 15 is 0 Å². The molecule has 0 amide bonds. The third kappa shape index (κ3) is 6.85. The lowest BCUT2D eigenvalue weighted by atomic mass is 10.0. The molecule has 114 valence electrons. The fraction of sp³-hybridized carbons (Fsp3) is 0.176. The molecule has 0 aromatic heterocycles. The van der Waals surface area contributed by atoms with Crippen molar-refractivity contribution in [1.29, 1.82) is 0 Å². The highest BCUT2D eigenvalue weighted by molar-refractivity contribution is 6.25. The summed E-state index contributed by atoms with van der Waals surface area (Å²) in [5.41, 5.74) is 3.94. The minimum atomic E-state index is -0.506. The van der Waals surface area contributed by atoms with Gasteiger partial charge in [-0.05, 0) is 23.6 Å². The summed E-state index contributed by atoms with van der Waals surface area (Å²) < 4.78 is 8.60. The summed E-state index contributed by atoms with van der Waals surface area (Å²) in [4.78, 5) is 20.0. The largest absolute Gasteiger partial charge is 0.614 e. The number of rotatable bonds is 3. The van der Waals surface area contributed by atoms with E-state index in [1.54, 1.807) is 0 Å². The molecule has 2 radical (unpaired) electrons. The first-order chi connectivity index (χ1) is 10.5. The Morgan fingerprint density at radius 1 is 0.818 bits per heavy atom. The van der Waals surface area contributed by atoms with E-state index in [4.69, 9.17) is 0 Å². The zero-order chi connectivity index (χ0) is 16.4. The molecule has 4 nitrogen and oxygen atoms in total. The first kappa shape index (κ1) is 17.6. The van der Waals surface area contributed by atoms with Gasteiger partial charge >= 0.3 is 10.0 Å². The van der Waals surface area contributed by atoms with E-state index in [9.17, 15) is 9.59 Å². The minimum Gasteiger partial charge on any atom is -0.481 e. The molecule has 22 heavy (non-hydrogen) atoms. The van der Waals surface area contributed by atoms with Crippen LogP contribution in [0, 0.1) is 6.92 Å². The number of carbonyl (C=O) groups excluding carboxylic acids is 2. The van der Waals surface area contributed by atoms with Gasteiger partial charge in [0.2, 0.25) is 0 Å². The molecule has 0 fully saturated rings. The Labute approximate surface area is 133 Å². The summed E-state index contributed by atoms with van der Waals surface area (Å²) in [6.07, 6.45) is 0. The molecule has 0 N–H and O–H groups in total. The van der Waals surface area contributed by atoms with Crippen molar-refractivity contribution in [1.82, 2.24) is 0 Å². The molecule has 5 heteroatoms. The quantitative estimate of drug-likeness (QED) is 0.816. The molecule has 2 aromatic carbocycles. The Kier molecular flexibility index (Phi) is 7.64. The third-order valence-electron chi connectivity index (χ3n) is 2.60. The molecule has 0 saturated carbocycles. The van der Waals surface area contributed by atoms with Gasteiger partial charge in [-0.1, -0.05) is 54.6 Å². The smallest absolute Gasteiger partial charge is 0.481 e. The summed E-state index contributed by atoms with van der Waals surface area (Å²) in [5.74, 6) is -0.899. The van der Waals surface area contributed by atoms with Crippen molar-refractivity contribution in [2.75, 3.05) is 0 Å². The highest BCUT2D eigenvalue weighted by Gasteiger charge is 2.00. The molecule has 0 unspecified atom stereocenters. The molecule has 0 bridgehead atoms. The van der Waals surface area contributed by atoms with Crippen molar-refractivity contribution in [2.24, 2.45) is 0 Å². The summed E-state index contributed by atoms with van der Waals surface area (Å²) in [6, 6.07) is 18.9. The predicted molar refractivity (Wildman–Crippen MR) is 85.9 cm³/mol. The first-order valence-electron chi connectivity index (χ1n) is 6.71. The maximum Gasteiger partial charge on any atom is 0.614 e. The maximum absolute atomic E-state index is 10.0. The van der Waals surface area contributed by atoms with E-state index in [2.05, 4.69) is 64.3 Å². The van der Waals surface area contributed by atoms with Gasteiger partial charge in [-0.3, -0.25) is 9.59 Å². The Morgan fingerprint density at radius 3 is 1.82 bits per heavy atom. The molecule has 0 spiro atoms. The van der Waals surface area contributed by atoms with E-state index in [0.29, 0.717) is 0 Å². The second kappa shape index (κ2) is 9.52. The normalized spacial score (nSPS) is 9.23. The standard InChI is InChI=1S/C13H12.C4H6O4Si/c1-11-7-5-6-10-13(11)12-8-3-2-4-9-12;1-3(5)7-9-8-4(2)6/h2-10H,1H3;1-2H3. The third-order valence-corrected chi connectivity index (χ3v) is 3.34. The van der Waals surface area contributed by atoms with Crippen LogP contribution in [0.25, 0.3) is 11.1 Å². The van der Waals surface area contributed by atoms with Crippen LogP contribution in [-0.2, 0) is 18.4 Å². The molecule has 0 atom stereocenters. The fourth-order valence-electron chi connectivity index (χ4n) is 1.65. The summed E-state index contributed by atoms with van der Waals surface area (Å²) in [6.45, 7) is 4.63. The lowest BCUT2D eigenvalue weighted by molar-refractivity contribution is -0.136. The van der Waals surface area contributed by atoms with Crippen molar-refractivity contribution in [3.63, 3.8) is 0 Å². The highest BCUT2D eigenvalue weighted by atomic mass is 28.3. The van der Waals surface area contributed by atoms with E-state index in [-0.39, 0.29) is 0 Å². The topological polar surface area (TPSA) is 52.6 Å². The van der Waals surface area contributed by atoms with Crippen LogP contribution in [-0.4, -0.2) is 21.9 Å². The van der Waals surface area contributed by atoms with Crippen molar-refractivity contribution >= 4 is 21.9 Å². The van der Waals surface area contributed by atoms with Gasteiger partial charge in [0.1, 0.15) is 0 Å². The minimum absolute atomic E-state index is 0.449. The lowest BCUT2D eigenvalue weighted by Gasteiger charge is -2.04. The first-order valence-corrected chi connectivity index (χ1v) is 7.53. The number of carbonyl (C=O) groups is 2. The van der Waals surface area contributed by atoms with Gasteiger partial charge in [0, 0.05) is 13.8 Å². The summed E-state index contributed by atoms with van der Waals surface area (Å²) in [5, 5.41) is 0. The van der Waals surface area contributed by atoms with Crippen molar-refractivity contribution < 1.29 is 18.4 Å². The molecule has 2 rings (SSSR count). The molecule has 0 aliphatic heterocycles. The van der Waals surface area contributed by atoms with Crippen LogP contribution in [0.1, 0.15) is 19.4 Å². The van der Waals surface area contributed by atoms with E-state index in [1.165, 1.54) is 30.5 Å². The molecule has 0 aliphatic rings. The highest BCUT2D eigenvalue weighted by Crippen LogP contribution is 2.21.